The molecule has 3 rings (SSSR count). The molecule has 0 spiro atoms. The van der Waals surface area contributed by atoms with Gasteiger partial charge in [-0.1, -0.05) is 41.0 Å². The van der Waals surface area contributed by atoms with Crippen LogP contribution in [0.1, 0.15) is 41.1 Å². The number of aromatic nitrogens is 3. The molecule has 1 heterocycles. The third kappa shape index (κ3) is 6.82. The van der Waals surface area contributed by atoms with Crippen molar-refractivity contribution in [3.05, 3.63) is 69.5 Å². The maximum Gasteiger partial charge on any atom is 0.251 e. The Morgan fingerprint density at radius 1 is 1.15 bits per heavy atom. The van der Waals surface area contributed by atoms with Gasteiger partial charge in [0.25, 0.3) is 5.91 Å². The van der Waals surface area contributed by atoms with Gasteiger partial charge < -0.3 is 14.6 Å². The molecule has 10 heteroatoms. The van der Waals surface area contributed by atoms with Crippen molar-refractivity contribution in [1.82, 2.24) is 20.1 Å². The van der Waals surface area contributed by atoms with Crippen molar-refractivity contribution >= 4 is 52.6 Å². The first kappa shape index (κ1) is 25.7. The topological polar surface area (TPSA) is 69.0 Å². The van der Waals surface area contributed by atoms with E-state index in [9.17, 15) is 4.79 Å². The molecule has 1 atom stereocenters. The number of halogens is 2. The summed E-state index contributed by atoms with van der Waals surface area (Å²) in [6.07, 6.45) is 2.80. The van der Waals surface area contributed by atoms with E-state index in [0.717, 1.165) is 28.7 Å². The minimum absolute atomic E-state index is 0.153. The maximum absolute atomic E-state index is 12.9. The lowest BCUT2D eigenvalue weighted by Crippen LogP contribution is -2.31. The van der Waals surface area contributed by atoms with Crippen LogP contribution >= 0.6 is 46.7 Å². The number of rotatable bonds is 11. The zero-order chi connectivity index (χ0) is 23.8. The van der Waals surface area contributed by atoms with Gasteiger partial charge in [-0.15, -0.1) is 10.2 Å². The number of nitrogens with one attached hydrogen (secondary N) is 1. The van der Waals surface area contributed by atoms with Gasteiger partial charge in [-0.3, -0.25) is 4.79 Å². The molecule has 0 bridgehead atoms. The van der Waals surface area contributed by atoms with Gasteiger partial charge >= 0.3 is 0 Å². The molecule has 0 radical (unpaired) electrons. The SMILES string of the molecule is CCn1c(SCc2ccc(Cl)c(Cl)c2)nnc1[C@@H](CCSC)NC(=O)c1ccc(OC)cc1. The van der Waals surface area contributed by atoms with Crippen LogP contribution in [0.4, 0.5) is 0 Å². The van der Waals surface area contributed by atoms with E-state index in [4.69, 9.17) is 27.9 Å². The van der Waals surface area contributed by atoms with Crippen LogP contribution in [0.3, 0.4) is 0 Å². The first-order valence-electron chi connectivity index (χ1n) is 10.4. The van der Waals surface area contributed by atoms with Gasteiger partial charge in [0.05, 0.1) is 23.2 Å². The van der Waals surface area contributed by atoms with Crippen LogP contribution < -0.4 is 10.1 Å². The maximum atomic E-state index is 12.9. The van der Waals surface area contributed by atoms with Crippen LogP contribution in [0.15, 0.2) is 47.6 Å². The van der Waals surface area contributed by atoms with Crippen LogP contribution in [0.5, 0.6) is 5.75 Å². The predicted molar refractivity (Wildman–Crippen MR) is 138 cm³/mol. The van der Waals surface area contributed by atoms with Gasteiger partial charge in [-0.05, 0) is 67.3 Å². The molecule has 33 heavy (non-hydrogen) atoms. The quantitative estimate of drug-likeness (QED) is 0.304. The van der Waals surface area contributed by atoms with Crippen molar-refractivity contribution in [3.63, 3.8) is 0 Å². The van der Waals surface area contributed by atoms with E-state index < -0.39 is 0 Å². The predicted octanol–water partition coefficient (Wildman–Crippen LogP) is 6.13. The molecule has 176 valence electrons. The Balaban J connectivity index is 1.77. The Morgan fingerprint density at radius 3 is 2.55 bits per heavy atom. The summed E-state index contributed by atoms with van der Waals surface area (Å²) < 4.78 is 7.24. The summed E-state index contributed by atoms with van der Waals surface area (Å²) >= 11 is 15.5. The first-order chi connectivity index (χ1) is 16.0. The Kier molecular flexibility index (Phi) is 9.79. The Morgan fingerprint density at radius 2 is 1.91 bits per heavy atom. The highest BCUT2D eigenvalue weighted by atomic mass is 35.5. The van der Waals surface area contributed by atoms with E-state index in [1.165, 1.54) is 0 Å². The van der Waals surface area contributed by atoms with Crippen LogP contribution in [0, 0.1) is 0 Å². The molecule has 1 aromatic heterocycles. The number of methoxy groups -OCH3 is 1. The van der Waals surface area contributed by atoms with E-state index in [1.807, 2.05) is 25.3 Å². The van der Waals surface area contributed by atoms with E-state index in [2.05, 4.69) is 20.1 Å². The van der Waals surface area contributed by atoms with Crippen LogP contribution in [-0.2, 0) is 12.3 Å². The molecule has 0 aliphatic rings. The van der Waals surface area contributed by atoms with Gasteiger partial charge in [0, 0.05) is 17.9 Å². The smallest absolute Gasteiger partial charge is 0.251 e. The number of nitrogens with zero attached hydrogens (tertiary/aromatic N) is 3. The molecule has 0 fully saturated rings. The number of benzene rings is 2. The molecular weight excluding hydrogens is 499 g/mol. The van der Waals surface area contributed by atoms with Gasteiger partial charge in [0.15, 0.2) is 11.0 Å². The van der Waals surface area contributed by atoms with E-state index in [1.54, 1.807) is 61.0 Å². The van der Waals surface area contributed by atoms with Crippen LogP contribution in [0.25, 0.3) is 0 Å². The lowest BCUT2D eigenvalue weighted by Gasteiger charge is -2.19. The molecule has 6 nitrogen and oxygen atoms in total. The second-order valence-electron chi connectivity index (χ2n) is 7.16. The van der Waals surface area contributed by atoms with E-state index in [-0.39, 0.29) is 11.9 Å². The number of carbonyl (C=O) groups is 1. The number of amides is 1. The Labute approximate surface area is 212 Å². The lowest BCUT2D eigenvalue weighted by molar-refractivity contribution is 0.0933. The zero-order valence-electron chi connectivity index (χ0n) is 18.7. The molecule has 2 aromatic carbocycles. The lowest BCUT2D eigenvalue weighted by atomic mass is 10.1. The van der Waals surface area contributed by atoms with Crippen molar-refractivity contribution < 1.29 is 9.53 Å². The number of ether oxygens (including phenoxy) is 1. The van der Waals surface area contributed by atoms with Crippen LogP contribution in [-0.4, -0.2) is 39.8 Å². The largest absolute Gasteiger partial charge is 0.497 e. The average molecular weight is 526 g/mol. The standard InChI is InChI=1S/C23H26Cl2N4O2S2/c1-4-29-21(27-28-23(29)33-14-15-5-10-18(24)19(25)13-15)20(11-12-32-3)26-22(30)16-6-8-17(31-2)9-7-16/h5-10,13,20H,4,11-12,14H2,1-3H3,(H,26,30)/t20-/m1/s1. The van der Waals surface area contributed by atoms with Gasteiger partial charge in [-0.25, -0.2) is 0 Å². The number of carbonyl (C=O) groups excluding carboxylic acids is 1. The highest BCUT2D eigenvalue weighted by molar-refractivity contribution is 7.98. The minimum Gasteiger partial charge on any atom is -0.497 e. The molecule has 0 aliphatic carbocycles. The molecule has 0 saturated heterocycles. The summed E-state index contributed by atoms with van der Waals surface area (Å²) in [5.41, 5.74) is 1.62. The van der Waals surface area contributed by atoms with Gasteiger partial charge in [-0.2, -0.15) is 11.8 Å². The third-order valence-electron chi connectivity index (χ3n) is 4.99. The molecular formula is C23H26Cl2N4O2S2. The Bertz CT molecular complexity index is 1080. The highest BCUT2D eigenvalue weighted by Crippen LogP contribution is 2.29. The first-order valence-corrected chi connectivity index (χ1v) is 13.5. The van der Waals surface area contributed by atoms with Crippen molar-refractivity contribution in [1.29, 1.82) is 0 Å². The fraction of sp³-hybridized carbons (Fsp3) is 0.348. The summed E-state index contributed by atoms with van der Waals surface area (Å²) in [4.78, 5) is 12.9. The van der Waals surface area contributed by atoms with Crippen LogP contribution in [0.2, 0.25) is 10.0 Å². The van der Waals surface area contributed by atoms with Crippen molar-refractivity contribution in [2.75, 3.05) is 19.1 Å². The van der Waals surface area contributed by atoms with E-state index >= 15 is 0 Å². The third-order valence-corrected chi connectivity index (χ3v) is 7.41. The number of hydrogen-bond acceptors (Lipinski definition) is 6. The fourth-order valence-corrected chi connectivity index (χ4v) is 4.97. The summed E-state index contributed by atoms with van der Waals surface area (Å²) in [5.74, 6) is 2.88. The minimum atomic E-state index is -0.251. The van der Waals surface area contributed by atoms with Crippen molar-refractivity contribution in [3.8, 4) is 5.75 Å². The summed E-state index contributed by atoms with van der Waals surface area (Å²) in [5, 5.41) is 13.9. The number of thioether (sulfide) groups is 2. The highest BCUT2D eigenvalue weighted by Gasteiger charge is 2.23. The summed E-state index contributed by atoms with van der Waals surface area (Å²) in [6.45, 7) is 2.74. The second-order valence-corrected chi connectivity index (χ2v) is 9.90. The molecule has 3 aromatic rings. The fourth-order valence-electron chi connectivity index (χ4n) is 3.22. The zero-order valence-corrected chi connectivity index (χ0v) is 21.8. The molecule has 1 N–H and O–H groups in total. The van der Waals surface area contributed by atoms with Crippen molar-refractivity contribution in [2.45, 2.75) is 36.8 Å². The Hall–Kier alpha value is -1.87. The second kappa shape index (κ2) is 12.6. The molecule has 0 unspecified atom stereocenters. The normalized spacial score (nSPS) is 11.9. The van der Waals surface area contributed by atoms with Gasteiger partial charge in [0.1, 0.15) is 5.75 Å². The monoisotopic (exact) mass is 524 g/mol. The van der Waals surface area contributed by atoms with Gasteiger partial charge in [0.2, 0.25) is 0 Å². The molecule has 0 aliphatic heterocycles. The van der Waals surface area contributed by atoms with Crippen molar-refractivity contribution in [2.24, 2.45) is 0 Å². The molecule has 0 saturated carbocycles. The average Bonchev–Trinajstić information content (AvgIpc) is 3.25. The van der Waals surface area contributed by atoms with E-state index in [0.29, 0.717) is 33.7 Å². The summed E-state index contributed by atoms with van der Waals surface area (Å²) in [7, 11) is 1.60. The summed E-state index contributed by atoms with van der Waals surface area (Å²) in [6, 6.07) is 12.4. The molecule has 1 amide bonds. The number of hydrogen-bond donors (Lipinski definition) is 1.